The summed E-state index contributed by atoms with van der Waals surface area (Å²) < 4.78 is 0. The lowest BCUT2D eigenvalue weighted by atomic mass is 10.2. The normalized spacial score (nSPS) is 12.7. The van der Waals surface area contributed by atoms with E-state index in [2.05, 4.69) is 10.3 Å². The van der Waals surface area contributed by atoms with Gasteiger partial charge in [-0.3, -0.25) is 14.6 Å². The summed E-state index contributed by atoms with van der Waals surface area (Å²) in [5, 5.41) is 2.86. The Labute approximate surface area is 155 Å². The Kier molecular flexibility index (Phi) is 4.26. The van der Waals surface area contributed by atoms with Crippen LogP contribution in [0.3, 0.4) is 0 Å². The number of amides is 2. The fourth-order valence-electron chi connectivity index (χ4n) is 2.95. The van der Waals surface area contributed by atoms with Gasteiger partial charge >= 0.3 is 0 Å². The Bertz CT molecular complexity index is 964. The van der Waals surface area contributed by atoms with Gasteiger partial charge in [-0.05, 0) is 37.3 Å². The van der Waals surface area contributed by atoms with E-state index in [9.17, 15) is 9.59 Å². The summed E-state index contributed by atoms with van der Waals surface area (Å²) in [7, 11) is 0. The van der Waals surface area contributed by atoms with Crippen LogP contribution in [0, 0.1) is 6.92 Å². The molecule has 1 aromatic carbocycles. The Morgan fingerprint density at radius 2 is 1.96 bits per heavy atom. The van der Waals surface area contributed by atoms with E-state index in [1.165, 1.54) is 11.3 Å². The molecule has 3 aromatic rings. The first-order valence-electron chi connectivity index (χ1n) is 8.35. The molecule has 3 heterocycles. The Hall–Kier alpha value is -2.99. The van der Waals surface area contributed by atoms with Crippen LogP contribution in [0.2, 0.25) is 0 Å². The van der Waals surface area contributed by atoms with Crippen LogP contribution in [0.25, 0.3) is 0 Å². The number of hydrogen-bond acceptors (Lipinski definition) is 4. The molecule has 2 amide bonds. The molecule has 5 nitrogen and oxygen atoms in total. The number of thiophene rings is 1. The molecule has 6 heteroatoms. The highest BCUT2D eigenvalue weighted by atomic mass is 32.1. The number of rotatable bonds is 3. The lowest BCUT2D eigenvalue weighted by molar-refractivity contribution is 0.0986. The van der Waals surface area contributed by atoms with Crippen molar-refractivity contribution in [1.82, 2.24) is 4.98 Å². The van der Waals surface area contributed by atoms with Gasteiger partial charge in [-0.2, -0.15) is 0 Å². The molecule has 1 aliphatic rings. The van der Waals surface area contributed by atoms with Crippen molar-refractivity contribution >= 4 is 34.5 Å². The second kappa shape index (κ2) is 6.72. The monoisotopic (exact) mass is 363 g/mol. The molecular weight excluding hydrogens is 346 g/mol. The standard InChI is InChI=1S/C20H17N3O2S/c1-13-7-8-15(12-21-13)22-19(24)18-11-16-17(26-18)9-10-23(16)20(25)14-5-3-2-4-6-14/h2-8,11-12H,9-10H2,1H3,(H,22,24). The fraction of sp³-hybridized carbons (Fsp3) is 0.150. The number of pyridine rings is 1. The summed E-state index contributed by atoms with van der Waals surface area (Å²) in [6.45, 7) is 2.55. The highest BCUT2D eigenvalue weighted by Gasteiger charge is 2.29. The summed E-state index contributed by atoms with van der Waals surface area (Å²) in [4.78, 5) is 32.9. The van der Waals surface area contributed by atoms with E-state index in [-0.39, 0.29) is 11.8 Å². The van der Waals surface area contributed by atoms with Crippen molar-refractivity contribution in [3.05, 3.63) is 75.7 Å². The third-order valence-electron chi connectivity index (χ3n) is 4.30. The molecule has 4 rings (SSSR count). The lowest BCUT2D eigenvalue weighted by Crippen LogP contribution is -2.28. The summed E-state index contributed by atoms with van der Waals surface area (Å²) in [6.07, 6.45) is 2.41. The van der Waals surface area contributed by atoms with Gasteiger partial charge in [0.05, 0.1) is 22.4 Å². The number of anilines is 2. The molecule has 0 atom stereocenters. The second-order valence-corrected chi connectivity index (χ2v) is 7.27. The van der Waals surface area contributed by atoms with Crippen LogP contribution in [0.4, 0.5) is 11.4 Å². The molecule has 130 valence electrons. The van der Waals surface area contributed by atoms with Crippen LogP contribution >= 0.6 is 11.3 Å². The third-order valence-corrected chi connectivity index (χ3v) is 5.48. The summed E-state index contributed by atoms with van der Waals surface area (Å²) in [5.41, 5.74) is 3.05. The molecule has 0 fully saturated rings. The average Bonchev–Trinajstić information content (AvgIpc) is 3.24. The van der Waals surface area contributed by atoms with E-state index in [1.807, 2.05) is 55.5 Å². The molecule has 0 saturated heterocycles. The Morgan fingerprint density at radius 3 is 2.69 bits per heavy atom. The molecule has 2 aromatic heterocycles. The molecule has 0 saturated carbocycles. The second-order valence-electron chi connectivity index (χ2n) is 6.13. The first-order valence-corrected chi connectivity index (χ1v) is 9.17. The van der Waals surface area contributed by atoms with Crippen molar-refractivity contribution in [3.8, 4) is 0 Å². The molecule has 0 spiro atoms. The number of carbonyl (C=O) groups is 2. The number of fused-ring (bicyclic) bond motifs is 1. The predicted molar refractivity (Wildman–Crippen MR) is 103 cm³/mol. The Balaban J connectivity index is 1.54. The van der Waals surface area contributed by atoms with Crippen molar-refractivity contribution in [2.45, 2.75) is 13.3 Å². The molecule has 0 bridgehead atoms. The molecular formula is C20H17N3O2S. The summed E-state index contributed by atoms with van der Waals surface area (Å²) in [6, 6.07) is 14.7. The van der Waals surface area contributed by atoms with Gasteiger partial charge in [-0.1, -0.05) is 18.2 Å². The predicted octanol–water partition coefficient (Wildman–Crippen LogP) is 3.91. The zero-order valence-electron chi connectivity index (χ0n) is 14.2. The quantitative estimate of drug-likeness (QED) is 0.767. The number of aromatic nitrogens is 1. The smallest absolute Gasteiger partial charge is 0.265 e. The van der Waals surface area contributed by atoms with Crippen LogP contribution in [0.15, 0.2) is 54.7 Å². The van der Waals surface area contributed by atoms with Gasteiger partial charge in [0, 0.05) is 29.1 Å². The van der Waals surface area contributed by atoms with Gasteiger partial charge in [0.25, 0.3) is 11.8 Å². The molecule has 1 aliphatic heterocycles. The van der Waals surface area contributed by atoms with Crippen LogP contribution < -0.4 is 10.2 Å². The highest BCUT2D eigenvalue weighted by Crippen LogP contribution is 2.37. The average molecular weight is 363 g/mol. The zero-order valence-corrected chi connectivity index (χ0v) is 15.0. The number of nitrogens with one attached hydrogen (secondary N) is 1. The van der Waals surface area contributed by atoms with Crippen molar-refractivity contribution in [1.29, 1.82) is 0 Å². The van der Waals surface area contributed by atoms with Crippen LogP contribution in [0.5, 0.6) is 0 Å². The van der Waals surface area contributed by atoms with Gasteiger partial charge in [0.2, 0.25) is 0 Å². The van der Waals surface area contributed by atoms with Gasteiger partial charge in [0.15, 0.2) is 0 Å². The van der Waals surface area contributed by atoms with E-state index in [1.54, 1.807) is 11.1 Å². The topological polar surface area (TPSA) is 62.3 Å². The van der Waals surface area contributed by atoms with Crippen LogP contribution in [0.1, 0.15) is 30.6 Å². The van der Waals surface area contributed by atoms with E-state index in [0.29, 0.717) is 22.7 Å². The van der Waals surface area contributed by atoms with Crippen LogP contribution in [-0.2, 0) is 6.42 Å². The zero-order chi connectivity index (χ0) is 18.1. The molecule has 0 unspecified atom stereocenters. The SMILES string of the molecule is Cc1ccc(NC(=O)c2cc3c(s2)CCN3C(=O)c2ccccc2)cn1. The fourth-order valence-corrected chi connectivity index (χ4v) is 4.00. The number of nitrogens with zero attached hydrogens (tertiary/aromatic N) is 2. The van der Waals surface area contributed by atoms with E-state index in [0.717, 1.165) is 22.7 Å². The van der Waals surface area contributed by atoms with E-state index in [4.69, 9.17) is 0 Å². The third kappa shape index (κ3) is 3.11. The summed E-state index contributed by atoms with van der Waals surface area (Å²) >= 11 is 1.44. The lowest BCUT2D eigenvalue weighted by Gasteiger charge is -2.16. The van der Waals surface area contributed by atoms with Gasteiger partial charge in [0.1, 0.15) is 0 Å². The maximum atomic E-state index is 12.7. The number of benzene rings is 1. The molecule has 26 heavy (non-hydrogen) atoms. The minimum absolute atomic E-state index is 0.0307. The summed E-state index contributed by atoms with van der Waals surface area (Å²) in [5.74, 6) is -0.209. The maximum Gasteiger partial charge on any atom is 0.265 e. The molecule has 1 N–H and O–H groups in total. The number of carbonyl (C=O) groups excluding carboxylic acids is 2. The molecule has 0 radical (unpaired) electrons. The minimum Gasteiger partial charge on any atom is -0.320 e. The van der Waals surface area contributed by atoms with Gasteiger partial charge in [-0.15, -0.1) is 11.3 Å². The van der Waals surface area contributed by atoms with E-state index >= 15 is 0 Å². The Morgan fingerprint density at radius 1 is 1.15 bits per heavy atom. The number of aryl methyl sites for hydroxylation is 1. The van der Waals surface area contributed by atoms with Gasteiger partial charge in [-0.25, -0.2) is 0 Å². The van der Waals surface area contributed by atoms with Gasteiger partial charge < -0.3 is 10.2 Å². The van der Waals surface area contributed by atoms with E-state index < -0.39 is 0 Å². The number of hydrogen-bond donors (Lipinski definition) is 1. The van der Waals surface area contributed by atoms with Crippen molar-refractivity contribution < 1.29 is 9.59 Å². The van der Waals surface area contributed by atoms with Crippen molar-refractivity contribution in [2.75, 3.05) is 16.8 Å². The molecule has 0 aliphatic carbocycles. The first kappa shape index (κ1) is 16.5. The van der Waals surface area contributed by atoms with Crippen molar-refractivity contribution in [3.63, 3.8) is 0 Å². The maximum absolute atomic E-state index is 12.7. The largest absolute Gasteiger partial charge is 0.320 e. The van der Waals surface area contributed by atoms with Crippen LogP contribution in [-0.4, -0.2) is 23.3 Å². The highest BCUT2D eigenvalue weighted by molar-refractivity contribution is 7.14. The first-order chi connectivity index (χ1) is 12.6. The van der Waals surface area contributed by atoms with Crippen molar-refractivity contribution in [2.24, 2.45) is 0 Å². The minimum atomic E-state index is -0.179.